The van der Waals surface area contributed by atoms with Gasteiger partial charge in [-0.15, -0.1) is 0 Å². The molecule has 0 N–H and O–H groups in total. The average Bonchev–Trinajstić information content (AvgIpc) is 2.24. The van der Waals surface area contributed by atoms with Gasteiger partial charge in [0.2, 0.25) is 5.82 Å². The second-order valence-corrected chi connectivity index (χ2v) is 3.52. The van der Waals surface area contributed by atoms with E-state index < -0.39 is 11.8 Å². The van der Waals surface area contributed by atoms with Crippen molar-refractivity contribution in [3.05, 3.63) is 46.8 Å². The second-order valence-electron chi connectivity index (χ2n) is 2.81. The molecule has 2 aromatic rings. The number of rotatable bonds is 1. The molecule has 0 amide bonds. The molecule has 0 aliphatic heterocycles. The number of aromatic nitrogens is 2. The fraction of sp³-hybridized carbons (Fsp3) is 0. The van der Waals surface area contributed by atoms with Gasteiger partial charge in [0.1, 0.15) is 5.69 Å². The molecule has 0 aliphatic carbocycles. The SMILES string of the molecule is Fc1nc(Br)nc(-c2ccccc2)c1F. The number of hydrogen-bond acceptors (Lipinski definition) is 2. The van der Waals surface area contributed by atoms with E-state index in [0.29, 0.717) is 5.56 Å². The molecule has 0 aliphatic rings. The molecule has 15 heavy (non-hydrogen) atoms. The zero-order valence-electron chi connectivity index (χ0n) is 7.42. The van der Waals surface area contributed by atoms with Gasteiger partial charge in [-0.2, -0.15) is 13.8 Å². The van der Waals surface area contributed by atoms with Crippen molar-refractivity contribution >= 4 is 15.9 Å². The first-order chi connectivity index (χ1) is 7.18. The zero-order valence-corrected chi connectivity index (χ0v) is 9.00. The predicted molar refractivity (Wildman–Crippen MR) is 55.1 cm³/mol. The van der Waals surface area contributed by atoms with Crippen molar-refractivity contribution in [3.8, 4) is 11.3 Å². The molecular formula is C10H5BrF2N2. The molecule has 1 heterocycles. The monoisotopic (exact) mass is 270 g/mol. The zero-order chi connectivity index (χ0) is 10.8. The van der Waals surface area contributed by atoms with E-state index in [2.05, 4.69) is 25.9 Å². The Morgan fingerprint density at radius 1 is 1.00 bits per heavy atom. The minimum Gasteiger partial charge on any atom is -0.219 e. The summed E-state index contributed by atoms with van der Waals surface area (Å²) in [5, 5.41) is 0. The maximum absolute atomic E-state index is 13.3. The van der Waals surface area contributed by atoms with E-state index in [9.17, 15) is 8.78 Å². The molecule has 0 unspecified atom stereocenters. The van der Waals surface area contributed by atoms with Crippen LogP contribution in [0.25, 0.3) is 11.3 Å². The fourth-order valence-corrected chi connectivity index (χ4v) is 1.51. The Morgan fingerprint density at radius 3 is 2.33 bits per heavy atom. The van der Waals surface area contributed by atoms with E-state index in [0.717, 1.165) is 0 Å². The first-order valence-corrected chi connectivity index (χ1v) is 4.92. The van der Waals surface area contributed by atoms with E-state index in [1.54, 1.807) is 30.3 Å². The van der Waals surface area contributed by atoms with Gasteiger partial charge in [0, 0.05) is 5.56 Å². The van der Waals surface area contributed by atoms with Crippen LogP contribution >= 0.6 is 15.9 Å². The minimum atomic E-state index is -1.16. The molecule has 1 aromatic carbocycles. The molecule has 0 spiro atoms. The van der Waals surface area contributed by atoms with Gasteiger partial charge in [0.25, 0.3) is 5.95 Å². The highest BCUT2D eigenvalue weighted by atomic mass is 79.9. The normalized spacial score (nSPS) is 10.3. The predicted octanol–water partition coefficient (Wildman–Crippen LogP) is 3.18. The molecule has 0 fully saturated rings. The Bertz CT molecular complexity index is 488. The van der Waals surface area contributed by atoms with Crippen molar-refractivity contribution in [2.75, 3.05) is 0 Å². The van der Waals surface area contributed by atoms with Crippen LogP contribution in [0.5, 0.6) is 0 Å². The van der Waals surface area contributed by atoms with Gasteiger partial charge in [0.05, 0.1) is 0 Å². The average molecular weight is 271 g/mol. The number of benzene rings is 1. The van der Waals surface area contributed by atoms with Crippen LogP contribution in [0.1, 0.15) is 0 Å². The Morgan fingerprint density at radius 2 is 1.67 bits per heavy atom. The van der Waals surface area contributed by atoms with E-state index in [1.165, 1.54) is 0 Å². The van der Waals surface area contributed by atoms with Crippen LogP contribution in [-0.4, -0.2) is 9.97 Å². The van der Waals surface area contributed by atoms with Crippen LogP contribution in [-0.2, 0) is 0 Å². The minimum absolute atomic E-state index is 0.0280. The summed E-state index contributed by atoms with van der Waals surface area (Å²) in [5.41, 5.74) is 0.465. The Balaban J connectivity index is 2.63. The van der Waals surface area contributed by atoms with Crippen molar-refractivity contribution < 1.29 is 8.78 Å². The lowest BCUT2D eigenvalue weighted by Crippen LogP contribution is -1.98. The highest BCUT2D eigenvalue weighted by Gasteiger charge is 2.14. The smallest absolute Gasteiger partial charge is 0.219 e. The summed E-state index contributed by atoms with van der Waals surface area (Å²) in [4.78, 5) is 7.02. The molecule has 0 radical (unpaired) electrons. The molecular weight excluding hydrogens is 266 g/mol. The van der Waals surface area contributed by atoms with Crippen LogP contribution < -0.4 is 0 Å². The van der Waals surface area contributed by atoms with Crippen molar-refractivity contribution in [2.24, 2.45) is 0 Å². The molecule has 76 valence electrons. The molecule has 0 saturated carbocycles. The van der Waals surface area contributed by atoms with Gasteiger partial charge in [-0.25, -0.2) is 4.98 Å². The first kappa shape index (κ1) is 10.2. The maximum atomic E-state index is 13.3. The third-order valence-corrected chi connectivity index (χ3v) is 2.19. The fourth-order valence-electron chi connectivity index (χ4n) is 1.18. The van der Waals surface area contributed by atoms with Gasteiger partial charge in [-0.05, 0) is 15.9 Å². The van der Waals surface area contributed by atoms with E-state index >= 15 is 0 Å². The summed E-state index contributed by atoms with van der Waals surface area (Å²) in [6, 6.07) is 8.54. The lowest BCUT2D eigenvalue weighted by Gasteiger charge is -2.02. The molecule has 0 atom stereocenters. The Hall–Kier alpha value is -1.36. The second kappa shape index (κ2) is 4.02. The van der Waals surface area contributed by atoms with Crippen LogP contribution in [0.15, 0.2) is 35.1 Å². The third-order valence-electron chi connectivity index (χ3n) is 1.83. The summed E-state index contributed by atoms with van der Waals surface area (Å²) in [7, 11) is 0. The van der Waals surface area contributed by atoms with Crippen LogP contribution in [0.4, 0.5) is 8.78 Å². The van der Waals surface area contributed by atoms with E-state index in [1.807, 2.05) is 0 Å². The number of nitrogens with zero attached hydrogens (tertiary/aromatic N) is 2. The third kappa shape index (κ3) is 2.02. The van der Waals surface area contributed by atoms with Gasteiger partial charge < -0.3 is 0 Å². The maximum Gasteiger partial charge on any atom is 0.253 e. The summed E-state index contributed by atoms with van der Waals surface area (Å²) in [5.74, 6) is -2.19. The van der Waals surface area contributed by atoms with Gasteiger partial charge >= 0.3 is 0 Å². The quantitative estimate of drug-likeness (QED) is 0.588. The summed E-state index contributed by atoms with van der Waals surface area (Å²) in [6.45, 7) is 0. The number of halogens is 3. The highest BCUT2D eigenvalue weighted by molar-refractivity contribution is 9.10. The van der Waals surface area contributed by atoms with Crippen molar-refractivity contribution in [1.82, 2.24) is 9.97 Å². The largest absolute Gasteiger partial charge is 0.253 e. The van der Waals surface area contributed by atoms with Crippen LogP contribution in [0.2, 0.25) is 0 Å². The number of hydrogen-bond donors (Lipinski definition) is 0. The van der Waals surface area contributed by atoms with Crippen molar-refractivity contribution in [1.29, 1.82) is 0 Å². The van der Waals surface area contributed by atoms with Gasteiger partial charge in [-0.3, -0.25) is 0 Å². The molecule has 2 rings (SSSR count). The molecule has 1 aromatic heterocycles. The first-order valence-electron chi connectivity index (χ1n) is 4.12. The summed E-state index contributed by atoms with van der Waals surface area (Å²) < 4.78 is 26.3. The summed E-state index contributed by atoms with van der Waals surface area (Å²) >= 11 is 2.92. The van der Waals surface area contributed by atoms with Gasteiger partial charge in [-0.1, -0.05) is 30.3 Å². The lowest BCUT2D eigenvalue weighted by molar-refractivity contribution is 0.473. The van der Waals surface area contributed by atoms with Crippen LogP contribution in [0, 0.1) is 11.8 Å². The van der Waals surface area contributed by atoms with E-state index in [4.69, 9.17) is 0 Å². The summed E-state index contributed by atoms with van der Waals surface area (Å²) in [6.07, 6.45) is 0. The van der Waals surface area contributed by atoms with Crippen LogP contribution in [0.3, 0.4) is 0 Å². The molecule has 0 bridgehead atoms. The van der Waals surface area contributed by atoms with E-state index in [-0.39, 0.29) is 10.4 Å². The Kier molecular flexibility index (Phi) is 2.73. The topological polar surface area (TPSA) is 25.8 Å². The lowest BCUT2D eigenvalue weighted by atomic mass is 10.1. The Labute approximate surface area is 93.1 Å². The standard InChI is InChI=1S/C10H5BrF2N2/c11-10-14-8(7(12)9(13)15-10)6-4-2-1-3-5-6/h1-5H. The van der Waals surface area contributed by atoms with Crippen molar-refractivity contribution in [2.45, 2.75) is 0 Å². The molecule has 5 heteroatoms. The molecule has 2 nitrogen and oxygen atoms in total. The van der Waals surface area contributed by atoms with Crippen molar-refractivity contribution in [3.63, 3.8) is 0 Å². The highest BCUT2D eigenvalue weighted by Crippen LogP contribution is 2.22. The molecule has 0 saturated heterocycles. The van der Waals surface area contributed by atoms with Gasteiger partial charge in [0.15, 0.2) is 4.73 Å².